The van der Waals surface area contributed by atoms with Crippen LogP contribution in [0.4, 0.5) is 0 Å². The van der Waals surface area contributed by atoms with Crippen LogP contribution < -0.4 is 5.32 Å². The molecule has 0 aliphatic rings. The first-order valence-electron chi connectivity index (χ1n) is 7.23. The number of benzene rings is 1. The summed E-state index contributed by atoms with van der Waals surface area (Å²) >= 11 is 3.64. The lowest BCUT2D eigenvalue weighted by atomic mass is 9.93. The molecule has 2 aromatic rings. The van der Waals surface area contributed by atoms with Crippen LogP contribution in [0, 0.1) is 5.92 Å². The van der Waals surface area contributed by atoms with Gasteiger partial charge >= 0.3 is 0 Å². The Hall–Kier alpha value is -1.10. The van der Waals surface area contributed by atoms with Crippen LogP contribution in [0.15, 0.2) is 51.7 Å². The minimum Gasteiger partial charge on any atom is -0.472 e. The van der Waals surface area contributed by atoms with Gasteiger partial charge in [-0.1, -0.05) is 34.1 Å². The summed E-state index contributed by atoms with van der Waals surface area (Å²) in [4.78, 5) is 0. The summed E-state index contributed by atoms with van der Waals surface area (Å²) in [5, 5.41) is 3.47. The molecule has 0 spiro atoms. The van der Waals surface area contributed by atoms with E-state index in [1.807, 2.05) is 12.3 Å². The number of ether oxygens (including phenoxy) is 1. The van der Waals surface area contributed by atoms with E-state index >= 15 is 0 Å². The smallest absolute Gasteiger partial charge is 0.0934 e. The molecule has 0 aliphatic heterocycles. The molecule has 1 N–H and O–H groups in total. The summed E-state index contributed by atoms with van der Waals surface area (Å²) in [6, 6.07) is 10.5. The molecule has 114 valence electrons. The monoisotopic (exact) mass is 351 g/mol. The standard InChI is InChI=1S/C17H22BrNO2/c1-20-9-7-19-12-15(10-14-6-8-21-13-14)11-16-4-2-3-5-17(16)18/h2-6,8,13,15,19H,7,9-12H2,1H3. The van der Waals surface area contributed by atoms with Gasteiger partial charge in [0.1, 0.15) is 0 Å². The maximum atomic E-state index is 5.18. The predicted octanol–water partition coefficient (Wildman–Crippen LogP) is 3.68. The van der Waals surface area contributed by atoms with Crippen LogP contribution in [-0.2, 0) is 17.6 Å². The van der Waals surface area contributed by atoms with Gasteiger partial charge in [0.05, 0.1) is 19.1 Å². The zero-order chi connectivity index (χ0) is 14.9. The predicted molar refractivity (Wildman–Crippen MR) is 88.5 cm³/mol. The highest BCUT2D eigenvalue weighted by Crippen LogP contribution is 2.21. The van der Waals surface area contributed by atoms with E-state index in [2.05, 4.69) is 45.5 Å². The molecule has 0 bridgehead atoms. The highest BCUT2D eigenvalue weighted by molar-refractivity contribution is 9.10. The van der Waals surface area contributed by atoms with Crippen molar-refractivity contribution in [1.29, 1.82) is 0 Å². The van der Waals surface area contributed by atoms with Crippen molar-refractivity contribution < 1.29 is 9.15 Å². The van der Waals surface area contributed by atoms with E-state index < -0.39 is 0 Å². The number of methoxy groups -OCH3 is 1. The van der Waals surface area contributed by atoms with E-state index in [9.17, 15) is 0 Å². The van der Waals surface area contributed by atoms with Crippen LogP contribution in [0.2, 0.25) is 0 Å². The van der Waals surface area contributed by atoms with E-state index in [-0.39, 0.29) is 0 Å². The minimum absolute atomic E-state index is 0.526. The summed E-state index contributed by atoms with van der Waals surface area (Å²) in [5.74, 6) is 0.526. The van der Waals surface area contributed by atoms with E-state index in [4.69, 9.17) is 9.15 Å². The van der Waals surface area contributed by atoms with Gasteiger partial charge in [0.2, 0.25) is 0 Å². The van der Waals surface area contributed by atoms with Crippen LogP contribution in [0.5, 0.6) is 0 Å². The summed E-state index contributed by atoms with van der Waals surface area (Å²) in [5.41, 5.74) is 2.60. The molecular weight excluding hydrogens is 330 g/mol. The van der Waals surface area contributed by atoms with Crippen molar-refractivity contribution in [3.8, 4) is 0 Å². The van der Waals surface area contributed by atoms with Gasteiger partial charge in [-0.3, -0.25) is 0 Å². The molecule has 4 heteroatoms. The lowest BCUT2D eigenvalue weighted by Crippen LogP contribution is -2.28. The summed E-state index contributed by atoms with van der Waals surface area (Å²) in [6.07, 6.45) is 5.62. The normalized spacial score (nSPS) is 12.5. The average molecular weight is 352 g/mol. The summed E-state index contributed by atoms with van der Waals surface area (Å²) in [6.45, 7) is 2.59. The lowest BCUT2D eigenvalue weighted by Gasteiger charge is -2.18. The summed E-state index contributed by atoms with van der Waals surface area (Å²) < 4.78 is 11.4. The fourth-order valence-electron chi connectivity index (χ4n) is 2.41. The van der Waals surface area contributed by atoms with Gasteiger partial charge < -0.3 is 14.5 Å². The van der Waals surface area contributed by atoms with E-state index in [1.54, 1.807) is 13.4 Å². The Morgan fingerprint density at radius 3 is 2.81 bits per heavy atom. The van der Waals surface area contributed by atoms with Crippen molar-refractivity contribution in [2.75, 3.05) is 26.8 Å². The Bertz CT molecular complexity index is 513. The van der Waals surface area contributed by atoms with Crippen molar-refractivity contribution in [2.24, 2.45) is 5.92 Å². The minimum atomic E-state index is 0.526. The second-order valence-corrected chi connectivity index (χ2v) is 6.05. The topological polar surface area (TPSA) is 34.4 Å². The molecule has 0 saturated heterocycles. The molecule has 0 aliphatic carbocycles. The molecule has 1 atom stereocenters. The first-order chi connectivity index (χ1) is 10.3. The number of halogens is 1. The second-order valence-electron chi connectivity index (χ2n) is 5.19. The molecule has 1 unspecified atom stereocenters. The van der Waals surface area contributed by atoms with E-state index in [0.29, 0.717) is 5.92 Å². The first kappa shape index (κ1) is 16.3. The van der Waals surface area contributed by atoms with Gasteiger partial charge in [0.15, 0.2) is 0 Å². The third-order valence-corrected chi connectivity index (χ3v) is 4.26. The highest BCUT2D eigenvalue weighted by atomic mass is 79.9. The van der Waals surface area contributed by atoms with Gasteiger partial charge in [-0.05, 0) is 48.6 Å². The van der Waals surface area contributed by atoms with Crippen LogP contribution in [0.25, 0.3) is 0 Å². The molecule has 1 heterocycles. The zero-order valence-electron chi connectivity index (χ0n) is 12.3. The third-order valence-electron chi connectivity index (χ3n) is 3.49. The van der Waals surface area contributed by atoms with Crippen LogP contribution in [0.1, 0.15) is 11.1 Å². The Balaban J connectivity index is 1.95. The molecule has 21 heavy (non-hydrogen) atoms. The first-order valence-corrected chi connectivity index (χ1v) is 8.03. The maximum Gasteiger partial charge on any atom is 0.0934 e. The van der Waals surface area contributed by atoms with Crippen molar-refractivity contribution in [3.05, 3.63) is 58.5 Å². The fourth-order valence-corrected chi connectivity index (χ4v) is 2.86. The van der Waals surface area contributed by atoms with Crippen molar-refractivity contribution in [3.63, 3.8) is 0 Å². The molecule has 0 saturated carbocycles. The molecule has 0 radical (unpaired) electrons. The molecule has 1 aromatic carbocycles. The lowest BCUT2D eigenvalue weighted by molar-refractivity contribution is 0.197. The average Bonchev–Trinajstić information content (AvgIpc) is 2.99. The van der Waals surface area contributed by atoms with Crippen LogP contribution >= 0.6 is 15.9 Å². The van der Waals surface area contributed by atoms with Gasteiger partial charge in [-0.15, -0.1) is 0 Å². The molecule has 0 amide bonds. The Kier molecular flexibility index (Phi) is 7.00. The zero-order valence-corrected chi connectivity index (χ0v) is 13.9. The highest BCUT2D eigenvalue weighted by Gasteiger charge is 2.13. The molecular formula is C17H22BrNO2. The number of hydrogen-bond acceptors (Lipinski definition) is 3. The van der Waals surface area contributed by atoms with E-state index in [0.717, 1.165) is 32.5 Å². The molecule has 3 nitrogen and oxygen atoms in total. The van der Waals surface area contributed by atoms with Gasteiger partial charge in [0.25, 0.3) is 0 Å². The van der Waals surface area contributed by atoms with Crippen LogP contribution in [0.3, 0.4) is 0 Å². The number of nitrogens with one attached hydrogen (secondary N) is 1. The SMILES string of the molecule is COCCNCC(Cc1ccoc1)Cc1ccccc1Br. The number of hydrogen-bond donors (Lipinski definition) is 1. The Morgan fingerprint density at radius 2 is 2.10 bits per heavy atom. The molecule has 2 rings (SSSR count). The molecule has 0 fully saturated rings. The third kappa shape index (κ3) is 5.65. The quantitative estimate of drug-likeness (QED) is 0.699. The second kappa shape index (κ2) is 9.03. The van der Waals surface area contributed by atoms with Gasteiger partial charge in [-0.2, -0.15) is 0 Å². The van der Waals surface area contributed by atoms with Crippen LogP contribution in [-0.4, -0.2) is 26.8 Å². The van der Waals surface area contributed by atoms with Crippen molar-refractivity contribution in [1.82, 2.24) is 5.32 Å². The number of rotatable bonds is 9. The van der Waals surface area contributed by atoms with Gasteiger partial charge in [-0.25, -0.2) is 0 Å². The van der Waals surface area contributed by atoms with Crippen molar-refractivity contribution in [2.45, 2.75) is 12.8 Å². The van der Waals surface area contributed by atoms with Gasteiger partial charge in [0, 0.05) is 18.1 Å². The molecule has 1 aromatic heterocycles. The Labute approximate surface area is 134 Å². The largest absolute Gasteiger partial charge is 0.472 e. The maximum absolute atomic E-state index is 5.18. The van der Waals surface area contributed by atoms with Crippen molar-refractivity contribution >= 4 is 15.9 Å². The fraction of sp³-hybridized carbons (Fsp3) is 0.412. The summed E-state index contributed by atoms with van der Waals surface area (Å²) in [7, 11) is 1.73. The number of furan rings is 1. The van der Waals surface area contributed by atoms with E-state index in [1.165, 1.54) is 15.6 Å². The Morgan fingerprint density at radius 1 is 1.24 bits per heavy atom.